The van der Waals surface area contributed by atoms with Crippen LogP contribution >= 0.6 is 11.8 Å². The number of fused-ring (bicyclic) bond motifs is 2. The minimum atomic E-state index is -1.06. The zero-order valence-corrected chi connectivity index (χ0v) is 13.9. The summed E-state index contributed by atoms with van der Waals surface area (Å²) in [4.78, 5) is 20.7. The molecule has 0 saturated heterocycles. The molecular formula is C18H14N4O2S. The molecule has 1 aromatic heterocycles. The number of nitrogens with zero attached hydrogens (tertiary/aromatic N) is 2. The van der Waals surface area contributed by atoms with E-state index < -0.39 is 6.09 Å². The molecule has 0 bridgehead atoms. The average molecular weight is 350 g/mol. The fraction of sp³-hybridized carbons (Fsp3) is 0.0556. The van der Waals surface area contributed by atoms with Gasteiger partial charge in [0.15, 0.2) is 5.82 Å². The van der Waals surface area contributed by atoms with Crippen molar-refractivity contribution < 1.29 is 9.90 Å². The van der Waals surface area contributed by atoms with Crippen molar-refractivity contribution in [3.63, 3.8) is 0 Å². The second-order valence-corrected chi connectivity index (χ2v) is 6.56. The van der Waals surface area contributed by atoms with Crippen LogP contribution in [0.15, 0.2) is 64.8 Å². The number of anilines is 3. The van der Waals surface area contributed by atoms with Crippen LogP contribution in [0.3, 0.4) is 0 Å². The monoisotopic (exact) mass is 350 g/mol. The van der Waals surface area contributed by atoms with E-state index in [2.05, 4.69) is 26.7 Å². The Morgan fingerprint density at radius 2 is 2.00 bits per heavy atom. The summed E-state index contributed by atoms with van der Waals surface area (Å²) in [6, 6.07) is 13.6. The highest BCUT2D eigenvalue weighted by molar-refractivity contribution is 7.99. The van der Waals surface area contributed by atoms with Gasteiger partial charge in [0.25, 0.3) is 0 Å². The van der Waals surface area contributed by atoms with Crippen LogP contribution in [0, 0.1) is 0 Å². The van der Waals surface area contributed by atoms with Crippen LogP contribution in [0.5, 0.6) is 0 Å². The van der Waals surface area contributed by atoms with Gasteiger partial charge >= 0.3 is 6.09 Å². The zero-order valence-electron chi connectivity index (χ0n) is 13.1. The van der Waals surface area contributed by atoms with E-state index in [9.17, 15) is 4.79 Å². The number of carbonyl (C=O) groups is 1. The van der Waals surface area contributed by atoms with Gasteiger partial charge in [0.05, 0.1) is 5.69 Å². The molecule has 7 heteroatoms. The van der Waals surface area contributed by atoms with E-state index >= 15 is 0 Å². The Labute approximate surface area is 148 Å². The van der Waals surface area contributed by atoms with Gasteiger partial charge in [-0.25, -0.2) is 14.8 Å². The Balaban J connectivity index is 1.61. The fourth-order valence-corrected chi connectivity index (χ4v) is 3.60. The number of carboxylic acid groups (broad SMARTS) is 1. The van der Waals surface area contributed by atoms with E-state index in [0.717, 1.165) is 32.6 Å². The molecule has 25 heavy (non-hydrogen) atoms. The SMILES string of the molecule is O=C(O)Nc1ccccc1Cc1ccc2c(c1)Nc1nccnc1S2. The average Bonchev–Trinajstić information content (AvgIpc) is 2.61. The van der Waals surface area contributed by atoms with E-state index in [-0.39, 0.29) is 0 Å². The van der Waals surface area contributed by atoms with Gasteiger partial charge in [-0.1, -0.05) is 36.0 Å². The quantitative estimate of drug-likeness (QED) is 0.509. The van der Waals surface area contributed by atoms with Gasteiger partial charge < -0.3 is 10.4 Å². The first kappa shape index (κ1) is 15.5. The summed E-state index contributed by atoms with van der Waals surface area (Å²) >= 11 is 1.58. The first-order valence-corrected chi connectivity index (χ1v) is 8.47. The molecule has 3 aromatic rings. The standard InChI is InChI=1S/C18H14N4O2S/c23-18(24)22-13-4-2-1-3-12(13)9-11-5-6-15-14(10-11)21-16-17(25-15)20-8-7-19-16/h1-8,10,22H,9H2,(H,19,21)(H,23,24). The Bertz CT molecular complexity index is 961. The van der Waals surface area contributed by atoms with Crippen molar-refractivity contribution in [3.8, 4) is 0 Å². The molecule has 6 nitrogen and oxygen atoms in total. The molecule has 1 aliphatic rings. The van der Waals surface area contributed by atoms with Crippen molar-refractivity contribution in [2.24, 2.45) is 0 Å². The maximum Gasteiger partial charge on any atom is 0.409 e. The molecule has 1 amide bonds. The van der Waals surface area contributed by atoms with Gasteiger partial charge in [-0.05, 0) is 35.7 Å². The molecule has 0 atom stereocenters. The van der Waals surface area contributed by atoms with Gasteiger partial charge in [0, 0.05) is 23.0 Å². The van der Waals surface area contributed by atoms with Crippen LogP contribution < -0.4 is 10.6 Å². The van der Waals surface area contributed by atoms with Crippen LogP contribution in [0.1, 0.15) is 11.1 Å². The summed E-state index contributed by atoms with van der Waals surface area (Å²) < 4.78 is 0. The van der Waals surface area contributed by atoms with Crippen molar-refractivity contribution >= 4 is 35.0 Å². The van der Waals surface area contributed by atoms with Crippen LogP contribution in [-0.2, 0) is 6.42 Å². The lowest BCUT2D eigenvalue weighted by Crippen LogP contribution is -2.09. The van der Waals surface area contributed by atoms with Gasteiger partial charge in [0.2, 0.25) is 0 Å². The first-order chi connectivity index (χ1) is 12.2. The van der Waals surface area contributed by atoms with E-state index in [1.807, 2.05) is 30.3 Å². The number of hydrogen-bond donors (Lipinski definition) is 3. The molecule has 2 heterocycles. The van der Waals surface area contributed by atoms with Crippen LogP contribution in [0.4, 0.5) is 22.0 Å². The minimum absolute atomic E-state index is 0.603. The molecule has 2 aromatic carbocycles. The predicted octanol–water partition coefficient (Wildman–Crippen LogP) is 4.37. The third-order valence-electron chi connectivity index (χ3n) is 3.82. The molecule has 1 aliphatic heterocycles. The highest BCUT2D eigenvalue weighted by Gasteiger charge is 2.18. The lowest BCUT2D eigenvalue weighted by molar-refractivity contribution is 0.209. The van der Waals surface area contributed by atoms with E-state index in [0.29, 0.717) is 12.1 Å². The van der Waals surface area contributed by atoms with Crippen LogP contribution in [0.2, 0.25) is 0 Å². The number of hydrogen-bond acceptors (Lipinski definition) is 5. The van der Waals surface area contributed by atoms with Gasteiger partial charge in [-0.2, -0.15) is 0 Å². The smallest absolute Gasteiger partial charge is 0.409 e. The number of amides is 1. The maximum atomic E-state index is 10.9. The van der Waals surface area contributed by atoms with Crippen molar-refractivity contribution in [1.82, 2.24) is 9.97 Å². The van der Waals surface area contributed by atoms with Gasteiger partial charge in [-0.15, -0.1) is 0 Å². The first-order valence-electron chi connectivity index (χ1n) is 7.66. The lowest BCUT2D eigenvalue weighted by Gasteiger charge is -2.19. The number of benzene rings is 2. The molecule has 0 fully saturated rings. The van der Waals surface area contributed by atoms with Crippen molar-refractivity contribution in [1.29, 1.82) is 0 Å². The number of para-hydroxylation sites is 1. The molecule has 0 unspecified atom stereocenters. The molecule has 0 aliphatic carbocycles. The molecule has 4 rings (SSSR count). The molecule has 0 spiro atoms. The van der Waals surface area contributed by atoms with E-state index in [4.69, 9.17) is 5.11 Å². The van der Waals surface area contributed by atoms with Crippen LogP contribution in [0.25, 0.3) is 0 Å². The molecule has 0 radical (unpaired) electrons. The topological polar surface area (TPSA) is 87.1 Å². The zero-order chi connectivity index (χ0) is 17.2. The number of aromatic nitrogens is 2. The van der Waals surface area contributed by atoms with E-state index in [1.54, 1.807) is 30.2 Å². The Kier molecular flexibility index (Phi) is 3.99. The maximum absolute atomic E-state index is 10.9. The third kappa shape index (κ3) is 3.27. The highest BCUT2D eigenvalue weighted by Crippen LogP contribution is 2.42. The van der Waals surface area contributed by atoms with Crippen molar-refractivity contribution in [2.75, 3.05) is 10.6 Å². The number of nitrogens with one attached hydrogen (secondary N) is 2. The van der Waals surface area contributed by atoms with Gasteiger partial charge in [0.1, 0.15) is 5.03 Å². The minimum Gasteiger partial charge on any atom is -0.465 e. The second kappa shape index (κ2) is 6.45. The fourth-order valence-electron chi connectivity index (χ4n) is 2.72. The molecule has 0 saturated carbocycles. The molecule has 3 N–H and O–H groups in total. The number of rotatable bonds is 3. The van der Waals surface area contributed by atoms with E-state index in [1.165, 1.54) is 0 Å². The molecule has 124 valence electrons. The second-order valence-electron chi connectivity index (χ2n) is 5.53. The Hall–Kier alpha value is -3.06. The van der Waals surface area contributed by atoms with Crippen molar-refractivity contribution in [3.05, 3.63) is 66.0 Å². The third-order valence-corrected chi connectivity index (χ3v) is 4.89. The Morgan fingerprint density at radius 3 is 2.88 bits per heavy atom. The normalized spacial score (nSPS) is 11.8. The molecular weight excluding hydrogens is 336 g/mol. The van der Waals surface area contributed by atoms with Gasteiger partial charge in [-0.3, -0.25) is 5.32 Å². The van der Waals surface area contributed by atoms with Crippen molar-refractivity contribution in [2.45, 2.75) is 16.3 Å². The summed E-state index contributed by atoms with van der Waals surface area (Å²) in [5.74, 6) is 0.755. The summed E-state index contributed by atoms with van der Waals surface area (Å²) in [6.07, 6.45) is 2.91. The summed E-state index contributed by atoms with van der Waals surface area (Å²) in [7, 11) is 0. The summed E-state index contributed by atoms with van der Waals surface area (Å²) in [5, 5.41) is 15.6. The highest BCUT2D eigenvalue weighted by atomic mass is 32.2. The lowest BCUT2D eigenvalue weighted by atomic mass is 10.0. The summed E-state index contributed by atoms with van der Waals surface area (Å²) in [5.41, 5.74) is 3.60. The Morgan fingerprint density at radius 1 is 1.16 bits per heavy atom. The summed E-state index contributed by atoms with van der Waals surface area (Å²) in [6.45, 7) is 0. The van der Waals surface area contributed by atoms with Crippen LogP contribution in [-0.4, -0.2) is 21.2 Å². The predicted molar refractivity (Wildman–Crippen MR) is 96.8 cm³/mol. The largest absolute Gasteiger partial charge is 0.465 e.